The molecule has 0 spiro atoms. The lowest BCUT2D eigenvalue weighted by Gasteiger charge is -2.35. The van der Waals surface area contributed by atoms with Crippen LogP contribution < -0.4 is 0 Å². The molecule has 1 heteroatoms. The van der Waals surface area contributed by atoms with Gasteiger partial charge in [0.2, 0.25) is 0 Å². The van der Waals surface area contributed by atoms with Gasteiger partial charge in [0, 0.05) is 0 Å². The van der Waals surface area contributed by atoms with Crippen molar-refractivity contribution in [1.29, 1.82) is 0 Å². The van der Waals surface area contributed by atoms with Crippen LogP contribution >= 0.6 is 0 Å². The molecule has 0 saturated heterocycles. The number of hydrogen-bond donors (Lipinski definition) is 0. The molecule has 1 saturated carbocycles. The van der Waals surface area contributed by atoms with Gasteiger partial charge in [0.25, 0.3) is 0 Å². The lowest BCUT2D eigenvalue weighted by atomic mass is 9.85. The Morgan fingerprint density at radius 1 is 1.33 bits per heavy atom. The first-order valence-electron chi connectivity index (χ1n) is 5.11. The van der Waals surface area contributed by atoms with E-state index in [2.05, 4.69) is 13.8 Å². The third kappa shape index (κ3) is 1.42. The first-order chi connectivity index (χ1) is 5.77. The molecular formula is C11H18O. The first kappa shape index (κ1) is 8.31. The second-order valence-electron chi connectivity index (χ2n) is 4.19. The molecule has 0 amide bonds. The summed E-state index contributed by atoms with van der Waals surface area (Å²) in [6.45, 7) is 4.47. The van der Waals surface area contributed by atoms with Gasteiger partial charge in [0.05, 0.1) is 12.2 Å². The van der Waals surface area contributed by atoms with Crippen molar-refractivity contribution in [3.63, 3.8) is 0 Å². The SMILES string of the molecule is CC1=C2CCCC[C@H]2O[C@@H](C)C1. The minimum Gasteiger partial charge on any atom is -0.371 e. The van der Waals surface area contributed by atoms with Crippen molar-refractivity contribution in [1.82, 2.24) is 0 Å². The van der Waals surface area contributed by atoms with Crippen LogP contribution in [0.2, 0.25) is 0 Å². The van der Waals surface area contributed by atoms with Crippen molar-refractivity contribution in [2.24, 2.45) is 0 Å². The molecule has 1 nitrogen and oxygen atoms in total. The van der Waals surface area contributed by atoms with Crippen LogP contribution in [-0.2, 0) is 4.74 Å². The van der Waals surface area contributed by atoms with Crippen molar-refractivity contribution in [3.8, 4) is 0 Å². The minimum absolute atomic E-state index is 0.455. The Bertz CT molecular complexity index is 205. The van der Waals surface area contributed by atoms with Crippen molar-refractivity contribution in [2.45, 2.75) is 58.2 Å². The molecule has 1 heterocycles. The van der Waals surface area contributed by atoms with Crippen LogP contribution in [0.25, 0.3) is 0 Å². The summed E-state index contributed by atoms with van der Waals surface area (Å²) in [5.41, 5.74) is 3.23. The van der Waals surface area contributed by atoms with E-state index in [-0.39, 0.29) is 0 Å². The Labute approximate surface area is 74.8 Å². The van der Waals surface area contributed by atoms with Gasteiger partial charge in [-0.1, -0.05) is 12.0 Å². The van der Waals surface area contributed by atoms with E-state index in [1.807, 2.05) is 0 Å². The molecule has 0 N–H and O–H groups in total. The summed E-state index contributed by atoms with van der Waals surface area (Å²) >= 11 is 0. The van der Waals surface area contributed by atoms with Crippen LogP contribution in [0.5, 0.6) is 0 Å². The van der Waals surface area contributed by atoms with Crippen LogP contribution in [0.1, 0.15) is 46.0 Å². The fourth-order valence-electron chi connectivity index (χ4n) is 2.51. The predicted molar refractivity (Wildman–Crippen MR) is 50.1 cm³/mol. The molecule has 0 aromatic heterocycles. The van der Waals surface area contributed by atoms with E-state index in [9.17, 15) is 0 Å². The van der Waals surface area contributed by atoms with E-state index in [0.717, 1.165) is 6.42 Å². The van der Waals surface area contributed by atoms with Gasteiger partial charge in [0.15, 0.2) is 0 Å². The average molecular weight is 166 g/mol. The third-order valence-electron chi connectivity index (χ3n) is 3.09. The van der Waals surface area contributed by atoms with Gasteiger partial charge >= 0.3 is 0 Å². The quantitative estimate of drug-likeness (QED) is 0.502. The molecule has 2 atom stereocenters. The molecule has 0 bridgehead atoms. The van der Waals surface area contributed by atoms with E-state index in [0.29, 0.717) is 12.2 Å². The summed E-state index contributed by atoms with van der Waals surface area (Å²) in [5.74, 6) is 0. The highest BCUT2D eigenvalue weighted by molar-refractivity contribution is 5.21. The fraction of sp³-hybridized carbons (Fsp3) is 0.818. The Morgan fingerprint density at radius 2 is 2.17 bits per heavy atom. The van der Waals surface area contributed by atoms with Crippen LogP contribution in [0.4, 0.5) is 0 Å². The van der Waals surface area contributed by atoms with Crippen LogP contribution in [-0.4, -0.2) is 12.2 Å². The van der Waals surface area contributed by atoms with E-state index in [4.69, 9.17) is 4.74 Å². The molecule has 0 unspecified atom stereocenters. The molecule has 0 aromatic rings. The maximum atomic E-state index is 5.90. The summed E-state index contributed by atoms with van der Waals surface area (Å²) in [7, 11) is 0. The van der Waals surface area contributed by atoms with E-state index < -0.39 is 0 Å². The third-order valence-corrected chi connectivity index (χ3v) is 3.09. The molecule has 0 radical (unpaired) electrons. The number of hydrogen-bond acceptors (Lipinski definition) is 1. The number of fused-ring (bicyclic) bond motifs is 1. The summed E-state index contributed by atoms with van der Waals surface area (Å²) in [6, 6.07) is 0. The molecule has 12 heavy (non-hydrogen) atoms. The number of ether oxygens (including phenoxy) is 1. The van der Waals surface area contributed by atoms with Gasteiger partial charge in [-0.05, 0) is 45.1 Å². The maximum absolute atomic E-state index is 5.90. The standard InChI is InChI=1S/C11H18O/c1-8-7-9(2)12-11-6-4-3-5-10(8)11/h9,11H,3-7H2,1-2H3/t9-,11+/m0/s1. The van der Waals surface area contributed by atoms with Crippen molar-refractivity contribution in [2.75, 3.05) is 0 Å². The highest BCUT2D eigenvalue weighted by Gasteiger charge is 2.27. The van der Waals surface area contributed by atoms with Crippen LogP contribution in [0, 0.1) is 0 Å². The zero-order valence-corrected chi connectivity index (χ0v) is 8.10. The number of rotatable bonds is 0. The molecule has 68 valence electrons. The Kier molecular flexibility index (Phi) is 2.22. The van der Waals surface area contributed by atoms with Gasteiger partial charge in [-0.3, -0.25) is 0 Å². The van der Waals surface area contributed by atoms with E-state index >= 15 is 0 Å². The van der Waals surface area contributed by atoms with Crippen molar-refractivity contribution in [3.05, 3.63) is 11.1 Å². The monoisotopic (exact) mass is 166 g/mol. The summed E-state index contributed by atoms with van der Waals surface area (Å²) in [6.07, 6.45) is 7.39. The zero-order chi connectivity index (χ0) is 8.55. The lowest BCUT2D eigenvalue weighted by molar-refractivity contribution is -0.00629. The highest BCUT2D eigenvalue weighted by atomic mass is 16.5. The van der Waals surface area contributed by atoms with Crippen molar-refractivity contribution < 1.29 is 4.74 Å². The smallest absolute Gasteiger partial charge is 0.0791 e. The topological polar surface area (TPSA) is 9.23 Å². The second kappa shape index (κ2) is 3.21. The Hall–Kier alpha value is -0.300. The summed E-state index contributed by atoms with van der Waals surface area (Å²) < 4.78 is 5.90. The van der Waals surface area contributed by atoms with E-state index in [1.54, 1.807) is 11.1 Å². The summed E-state index contributed by atoms with van der Waals surface area (Å²) in [4.78, 5) is 0. The Morgan fingerprint density at radius 3 is 3.00 bits per heavy atom. The molecule has 1 aliphatic carbocycles. The fourth-order valence-corrected chi connectivity index (χ4v) is 2.51. The zero-order valence-electron chi connectivity index (χ0n) is 8.10. The molecule has 2 aliphatic rings. The van der Waals surface area contributed by atoms with Gasteiger partial charge in [0.1, 0.15) is 0 Å². The molecule has 2 rings (SSSR count). The maximum Gasteiger partial charge on any atom is 0.0791 e. The summed E-state index contributed by atoms with van der Waals surface area (Å²) in [5, 5.41) is 0. The largest absolute Gasteiger partial charge is 0.371 e. The van der Waals surface area contributed by atoms with Crippen LogP contribution in [0.3, 0.4) is 0 Å². The first-order valence-corrected chi connectivity index (χ1v) is 5.11. The normalized spacial score (nSPS) is 36.5. The van der Waals surface area contributed by atoms with Crippen molar-refractivity contribution >= 4 is 0 Å². The average Bonchev–Trinajstić information content (AvgIpc) is 2.04. The molecule has 1 aliphatic heterocycles. The molecule has 1 fully saturated rings. The van der Waals surface area contributed by atoms with Gasteiger partial charge in [-0.15, -0.1) is 0 Å². The molecule has 0 aromatic carbocycles. The predicted octanol–water partition coefficient (Wildman–Crippen LogP) is 3.05. The minimum atomic E-state index is 0.455. The van der Waals surface area contributed by atoms with Gasteiger partial charge in [-0.2, -0.15) is 0 Å². The van der Waals surface area contributed by atoms with Crippen LogP contribution in [0.15, 0.2) is 11.1 Å². The van der Waals surface area contributed by atoms with E-state index in [1.165, 1.54) is 25.7 Å². The second-order valence-corrected chi connectivity index (χ2v) is 4.19. The lowest BCUT2D eigenvalue weighted by Crippen LogP contribution is -2.30. The van der Waals surface area contributed by atoms with Gasteiger partial charge < -0.3 is 4.74 Å². The Balaban J connectivity index is 2.19. The van der Waals surface area contributed by atoms with Gasteiger partial charge in [-0.25, -0.2) is 0 Å². The highest BCUT2D eigenvalue weighted by Crippen LogP contribution is 2.34. The molecular weight excluding hydrogens is 148 g/mol.